The molecule has 0 bridgehead atoms. The van der Waals surface area contributed by atoms with Gasteiger partial charge >= 0.3 is 0 Å². The zero-order valence-electron chi connectivity index (χ0n) is 12.0. The molecule has 1 unspecified atom stereocenters. The fourth-order valence-electron chi connectivity index (χ4n) is 2.35. The van der Waals surface area contributed by atoms with Crippen LogP contribution in [0.2, 0.25) is 0 Å². The van der Waals surface area contributed by atoms with E-state index < -0.39 is 0 Å². The van der Waals surface area contributed by atoms with Gasteiger partial charge in [0.1, 0.15) is 8.96 Å². The summed E-state index contributed by atoms with van der Waals surface area (Å²) in [6, 6.07) is 0. The van der Waals surface area contributed by atoms with Crippen LogP contribution < -0.4 is 0 Å². The number of carbonyl (C=O) groups is 2. The molecule has 2 fully saturated rings. The second kappa shape index (κ2) is 9.42. The summed E-state index contributed by atoms with van der Waals surface area (Å²) in [5.41, 5.74) is 0. The minimum absolute atomic E-state index is 0.0300. The van der Waals surface area contributed by atoms with Crippen LogP contribution in [0.15, 0.2) is 4.52 Å². The minimum atomic E-state index is 0.0300. The van der Waals surface area contributed by atoms with Crippen molar-refractivity contribution in [1.29, 1.82) is 0 Å². The standard InChI is InChI=1S/C12H21N3O4P2/c16-11-3-1-5-14(11)7-9-18-20-13-21-19-10-8-15-6-2-4-12(15)17/h20H,1-10H2. The van der Waals surface area contributed by atoms with E-state index in [1.807, 2.05) is 9.80 Å². The van der Waals surface area contributed by atoms with Crippen molar-refractivity contribution in [1.82, 2.24) is 9.80 Å². The Labute approximate surface area is 128 Å². The zero-order chi connectivity index (χ0) is 14.9. The molecule has 2 heterocycles. The summed E-state index contributed by atoms with van der Waals surface area (Å²) in [6.45, 7) is 4.00. The van der Waals surface area contributed by atoms with E-state index in [4.69, 9.17) is 9.05 Å². The normalized spacial score (nSPS) is 20.0. The lowest BCUT2D eigenvalue weighted by atomic mass is 10.4. The molecule has 2 aliphatic rings. The van der Waals surface area contributed by atoms with Crippen LogP contribution in [0.3, 0.4) is 0 Å². The van der Waals surface area contributed by atoms with E-state index in [0.29, 0.717) is 47.7 Å². The number of likely N-dealkylation sites (tertiary alicyclic amines) is 2. The van der Waals surface area contributed by atoms with Gasteiger partial charge < -0.3 is 18.8 Å². The molecule has 2 rings (SSSR count). The largest absolute Gasteiger partial charge is 0.340 e. The maximum absolute atomic E-state index is 11.3. The van der Waals surface area contributed by atoms with E-state index >= 15 is 0 Å². The fourth-order valence-corrected chi connectivity index (χ4v) is 3.29. The molecule has 118 valence electrons. The molecule has 21 heavy (non-hydrogen) atoms. The Balaban J connectivity index is 1.42. The first-order valence-corrected chi connectivity index (χ1v) is 8.84. The van der Waals surface area contributed by atoms with Crippen molar-refractivity contribution in [3.05, 3.63) is 0 Å². The van der Waals surface area contributed by atoms with Crippen LogP contribution in [0.4, 0.5) is 0 Å². The Morgan fingerprint density at radius 1 is 1.05 bits per heavy atom. The van der Waals surface area contributed by atoms with Crippen molar-refractivity contribution >= 4 is 29.4 Å². The van der Waals surface area contributed by atoms with E-state index in [1.165, 1.54) is 0 Å². The van der Waals surface area contributed by atoms with Gasteiger partial charge in [-0.25, -0.2) is 0 Å². The smallest absolute Gasteiger partial charge is 0.222 e. The van der Waals surface area contributed by atoms with Gasteiger partial charge in [-0.15, -0.1) is 0 Å². The molecular formula is C12H21N3O4P2. The first-order valence-electron chi connectivity index (χ1n) is 7.22. The fraction of sp³-hybridized carbons (Fsp3) is 0.833. The molecule has 0 spiro atoms. The van der Waals surface area contributed by atoms with E-state index in [9.17, 15) is 9.59 Å². The van der Waals surface area contributed by atoms with Gasteiger partial charge in [-0.1, -0.05) is 0 Å². The number of carbonyl (C=O) groups excluding carboxylic acids is 2. The molecule has 0 radical (unpaired) electrons. The van der Waals surface area contributed by atoms with Gasteiger partial charge in [-0.3, -0.25) is 9.59 Å². The molecule has 0 aliphatic carbocycles. The Morgan fingerprint density at radius 2 is 1.67 bits per heavy atom. The van der Waals surface area contributed by atoms with Crippen LogP contribution in [0.25, 0.3) is 0 Å². The molecule has 1 atom stereocenters. The van der Waals surface area contributed by atoms with Crippen molar-refractivity contribution in [3.63, 3.8) is 0 Å². The van der Waals surface area contributed by atoms with E-state index in [2.05, 4.69) is 4.52 Å². The van der Waals surface area contributed by atoms with Crippen LogP contribution in [-0.2, 0) is 18.6 Å². The zero-order valence-corrected chi connectivity index (χ0v) is 13.9. The predicted octanol–water partition coefficient (Wildman–Crippen LogP) is 1.82. The second-order valence-corrected chi connectivity index (χ2v) is 6.62. The molecule has 7 nitrogen and oxygen atoms in total. The van der Waals surface area contributed by atoms with E-state index in [1.54, 1.807) is 0 Å². The molecule has 0 aromatic rings. The summed E-state index contributed by atoms with van der Waals surface area (Å²) in [5, 5.41) is 0. The van der Waals surface area contributed by atoms with Gasteiger partial charge in [0.15, 0.2) is 8.60 Å². The molecular weight excluding hydrogens is 312 g/mol. The highest BCUT2D eigenvalue weighted by atomic mass is 31.1. The Kier molecular flexibility index (Phi) is 7.51. The molecule has 0 aromatic carbocycles. The van der Waals surface area contributed by atoms with Gasteiger partial charge in [0, 0.05) is 39.0 Å². The molecule has 9 heteroatoms. The molecule has 0 aromatic heterocycles. The van der Waals surface area contributed by atoms with Crippen LogP contribution in [0.1, 0.15) is 25.7 Å². The molecule has 2 saturated heterocycles. The van der Waals surface area contributed by atoms with Crippen LogP contribution in [0, 0.1) is 0 Å². The summed E-state index contributed by atoms with van der Waals surface area (Å²) in [4.78, 5) is 26.3. The summed E-state index contributed by atoms with van der Waals surface area (Å²) in [5.74, 6) is 0.436. The predicted molar refractivity (Wildman–Crippen MR) is 81.2 cm³/mol. The maximum Gasteiger partial charge on any atom is 0.222 e. The van der Waals surface area contributed by atoms with Gasteiger partial charge in [-0.2, -0.15) is 4.52 Å². The van der Waals surface area contributed by atoms with Crippen molar-refractivity contribution in [2.45, 2.75) is 25.7 Å². The number of amides is 2. The SMILES string of the molecule is O=C1CCCN1CCOP=NPOCCN1CCCC1=O. The highest BCUT2D eigenvalue weighted by molar-refractivity contribution is 7.39. The number of rotatable bonds is 9. The number of hydrogen-bond donors (Lipinski definition) is 0. The highest BCUT2D eigenvalue weighted by Gasteiger charge is 2.19. The first kappa shape index (κ1) is 16.8. The van der Waals surface area contributed by atoms with Crippen molar-refractivity contribution in [2.24, 2.45) is 4.52 Å². The first-order chi connectivity index (χ1) is 10.3. The molecule has 2 aliphatic heterocycles. The van der Waals surface area contributed by atoms with E-state index in [0.717, 1.165) is 25.9 Å². The Hall–Kier alpha value is -0.610. The summed E-state index contributed by atoms with van der Waals surface area (Å²) < 4.78 is 14.8. The van der Waals surface area contributed by atoms with E-state index in [-0.39, 0.29) is 20.8 Å². The third-order valence-electron chi connectivity index (χ3n) is 3.46. The second-order valence-electron chi connectivity index (χ2n) is 4.92. The molecule has 2 amide bonds. The van der Waals surface area contributed by atoms with Crippen molar-refractivity contribution in [2.75, 3.05) is 39.4 Å². The Bertz CT molecular complexity index is 395. The summed E-state index contributed by atoms with van der Waals surface area (Å²) in [6.07, 6.45) is 3.24. The lowest BCUT2D eigenvalue weighted by Gasteiger charge is -2.14. The quantitative estimate of drug-likeness (QED) is 0.477. The topological polar surface area (TPSA) is 71.4 Å². The lowest BCUT2D eigenvalue weighted by molar-refractivity contribution is -0.128. The number of hydrogen-bond acceptors (Lipinski definition) is 5. The minimum Gasteiger partial charge on any atom is -0.340 e. The van der Waals surface area contributed by atoms with Gasteiger partial charge in [0.2, 0.25) is 11.8 Å². The van der Waals surface area contributed by atoms with Crippen LogP contribution >= 0.6 is 17.6 Å². The van der Waals surface area contributed by atoms with Gasteiger partial charge in [0.05, 0.1) is 13.2 Å². The van der Waals surface area contributed by atoms with Crippen molar-refractivity contribution < 1.29 is 18.6 Å². The molecule has 0 N–H and O–H groups in total. The van der Waals surface area contributed by atoms with Crippen LogP contribution in [-0.4, -0.2) is 61.0 Å². The average Bonchev–Trinajstić information content (AvgIpc) is 3.06. The summed E-state index contributed by atoms with van der Waals surface area (Å²) in [7, 11) is 0.565. The third kappa shape index (κ3) is 5.95. The number of nitrogens with zero attached hydrogens (tertiary/aromatic N) is 3. The lowest BCUT2D eigenvalue weighted by Crippen LogP contribution is -2.27. The van der Waals surface area contributed by atoms with Crippen molar-refractivity contribution in [3.8, 4) is 0 Å². The maximum atomic E-state index is 11.3. The van der Waals surface area contributed by atoms with Gasteiger partial charge in [0.25, 0.3) is 0 Å². The molecule has 0 saturated carbocycles. The summed E-state index contributed by atoms with van der Waals surface area (Å²) >= 11 is 0. The highest BCUT2D eigenvalue weighted by Crippen LogP contribution is 2.21. The third-order valence-corrected chi connectivity index (χ3v) is 4.75. The monoisotopic (exact) mass is 333 g/mol. The van der Waals surface area contributed by atoms with Gasteiger partial charge in [-0.05, 0) is 12.8 Å². The average molecular weight is 333 g/mol. The van der Waals surface area contributed by atoms with Crippen LogP contribution in [0.5, 0.6) is 0 Å². The Morgan fingerprint density at radius 3 is 2.24 bits per heavy atom.